The number of carbonyl (C=O) groups excluding carboxylic acids is 1. The summed E-state index contributed by atoms with van der Waals surface area (Å²) in [5.74, 6) is 1.27. The van der Waals surface area contributed by atoms with Gasteiger partial charge < -0.3 is 4.74 Å². The number of carbonyl (C=O) groups is 1. The zero-order valence-corrected chi connectivity index (χ0v) is 6.39. The highest BCUT2D eigenvalue weighted by Crippen LogP contribution is 2.61. The molecule has 1 saturated carbocycles. The molecule has 1 unspecified atom stereocenters. The molecule has 0 N–H and O–H groups in total. The Morgan fingerprint density at radius 1 is 1.50 bits per heavy atom. The van der Waals surface area contributed by atoms with Gasteiger partial charge in [0, 0.05) is 12.3 Å². The molecule has 2 atom stereocenters. The van der Waals surface area contributed by atoms with Crippen LogP contribution in [0.3, 0.4) is 0 Å². The summed E-state index contributed by atoms with van der Waals surface area (Å²) in [6, 6.07) is 0. The first-order chi connectivity index (χ1) is 4.62. The van der Waals surface area contributed by atoms with Gasteiger partial charge in [-0.25, -0.2) is 0 Å². The molecule has 0 bridgehead atoms. The van der Waals surface area contributed by atoms with Crippen LogP contribution in [0.25, 0.3) is 0 Å². The van der Waals surface area contributed by atoms with Crippen molar-refractivity contribution in [3.05, 3.63) is 0 Å². The molecule has 56 valence electrons. The standard InChI is InChI=1S/C8H12O2/c1-8(2)5-3-7(9)10-4-6(5)8/h5-6H,3-4H2,1-2H3/t5-,6?/m1/s1. The molecule has 2 fully saturated rings. The van der Waals surface area contributed by atoms with Crippen LogP contribution < -0.4 is 0 Å². The van der Waals surface area contributed by atoms with Crippen molar-refractivity contribution in [3.63, 3.8) is 0 Å². The van der Waals surface area contributed by atoms with E-state index in [1.54, 1.807) is 0 Å². The van der Waals surface area contributed by atoms with Crippen molar-refractivity contribution in [1.82, 2.24) is 0 Å². The lowest BCUT2D eigenvalue weighted by atomic mass is 10.1. The van der Waals surface area contributed by atoms with Crippen molar-refractivity contribution in [3.8, 4) is 0 Å². The predicted octanol–water partition coefficient (Wildman–Crippen LogP) is 1.21. The molecular weight excluding hydrogens is 128 g/mol. The summed E-state index contributed by atoms with van der Waals surface area (Å²) in [6.07, 6.45) is 0.650. The van der Waals surface area contributed by atoms with Crippen LogP contribution in [0, 0.1) is 17.3 Å². The van der Waals surface area contributed by atoms with Gasteiger partial charge >= 0.3 is 5.97 Å². The minimum absolute atomic E-state index is 0.00757. The predicted molar refractivity (Wildman–Crippen MR) is 36.3 cm³/mol. The van der Waals surface area contributed by atoms with E-state index >= 15 is 0 Å². The maximum Gasteiger partial charge on any atom is 0.306 e. The summed E-state index contributed by atoms with van der Waals surface area (Å²) in [7, 11) is 0. The summed E-state index contributed by atoms with van der Waals surface area (Å²) in [5, 5.41) is 0. The van der Waals surface area contributed by atoms with Crippen LogP contribution in [-0.2, 0) is 9.53 Å². The number of rotatable bonds is 0. The Hall–Kier alpha value is -0.530. The topological polar surface area (TPSA) is 26.3 Å². The number of hydrogen-bond acceptors (Lipinski definition) is 2. The normalized spacial score (nSPS) is 42.0. The Bertz CT molecular complexity index is 184. The van der Waals surface area contributed by atoms with Crippen LogP contribution >= 0.6 is 0 Å². The van der Waals surface area contributed by atoms with Crippen LogP contribution in [-0.4, -0.2) is 12.6 Å². The number of esters is 1. The van der Waals surface area contributed by atoms with Crippen LogP contribution in [0.4, 0.5) is 0 Å². The van der Waals surface area contributed by atoms with Gasteiger partial charge in [0.15, 0.2) is 0 Å². The quantitative estimate of drug-likeness (QED) is 0.473. The average molecular weight is 140 g/mol. The maximum absolute atomic E-state index is 10.8. The lowest BCUT2D eigenvalue weighted by Gasteiger charge is -2.07. The summed E-state index contributed by atoms with van der Waals surface area (Å²) in [4.78, 5) is 10.8. The largest absolute Gasteiger partial charge is 0.465 e. The van der Waals surface area contributed by atoms with E-state index < -0.39 is 0 Å². The van der Waals surface area contributed by atoms with Gasteiger partial charge in [0.2, 0.25) is 0 Å². The van der Waals surface area contributed by atoms with Gasteiger partial charge in [0.1, 0.15) is 0 Å². The van der Waals surface area contributed by atoms with Crippen LogP contribution in [0.2, 0.25) is 0 Å². The zero-order chi connectivity index (χ0) is 7.35. The third kappa shape index (κ3) is 0.619. The molecule has 0 aromatic carbocycles. The number of hydrogen-bond donors (Lipinski definition) is 0. The van der Waals surface area contributed by atoms with Crippen molar-refractivity contribution in [2.24, 2.45) is 17.3 Å². The lowest BCUT2D eigenvalue weighted by Crippen LogP contribution is -2.14. The third-order valence-electron chi connectivity index (χ3n) is 3.10. The summed E-state index contributed by atoms with van der Waals surface area (Å²) < 4.78 is 4.93. The fourth-order valence-corrected chi connectivity index (χ4v) is 2.01. The highest BCUT2D eigenvalue weighted by atomic mass is 16.5. The molecule has 10 heavy (non-hydrogen) atoms. The number of cyclic esters (lactones) is 1. The molecule has 1 aliphatic heterocycles. The van der Waals surface area contributed by atoms with Gasteiger partial charge in [-0.15, -0.1) is 0 Å². The van der Waals surface area contributed by atoms with Crippen molar-refractivity contribution < 1.29 is 9.53 Å². The first-order valence-electron chi connectivity index (χ1n) is 3.78. The zero-order valence-electron chi connectivity index (χ0n) is 6.39. The fraction of sp³-hybridized carbons (Fsp3) is 0.875. The summed E-state index contributed by atoms with van der Waals surface area (Å²) >= 11 is 0. The van der Waals surface area contributed by atoms with Gasteiger partial charge in [-0.1, -0.05) is 13.8 Å². The van der Waals surface area contributed by atoms with Crippen LogP contribution in [0.15, 0.2) is 0 Å². The highest BCUT2D eigenvalue weighted by Gasteiger charge is 2.60. The molecule has 1 saturated heterocycles. The van der Waals surface area contributed by atoms with E-state index in [1.807, 2.05) is 0 Å². The Kier molecular flexibility index (Phi) is 0.960. The molecule has 0 aromatic heterocycles. The van der Waals surface area contributed by atoms with E-state index in [1.165, 1.54) is 0 Å². The molecular formula is C8H12O2. The van der Waals surface area contributed by atoms with E-state index in [2.05, 4.69) is 13.8 Å². The molecule has 0 aromatic rings. The Morgan fingerprint density at radius 3 is 2.70 bits per heavy atom. The van der Waals surface area contributed by atoms with E-state index in [0.29, 0.717) is 30.3 Å². The van der Waals surface area contributed by atoms with Gasteiger partial charge in [0.25, 0.3) is 0 Å². The number of fused-ring (bicyclic) bond motifs is 1. The van der Waals surface area contributed by atoms with E-state index in [9.17, 15) is 4.79 Å². The molecule has 1 heterocycles. The SMILES string of the molecule is CC1(C)C2COC(=O)C[C@H]21. The van der Waals surface area contributed by atoms with Gasteiger partial charge in [0.05, 0.1) is 6.61 Å². The Balaban J connectivity index is 2.10. The molecule has 2 nitrogen and oxygen atoms in total. The molecule has 2 rings (SSSR count). The third-order valence-corrected chi connectivity index (χ3v) is 3.10. The maximum atomic E-state index is 10.8. The first-order valence-corrected chi connectivity index (χ1v) is 3.78. The van der Waals surface area contributed by atoms with E-state index in [4.69, 9.17) is 4.74 Å². The van der Waals surface area contributed by atoms with Gasteiger partial charge in [-0.3, -0.25) is 4.79 Å². The van der Waals surface area contributed by atoms with Crippen molar-refractivity contribution in [2.45, 2.75) is 20.3 Å². The molecule has 1 aliphatic carbocycles. The molecule has 0 spiro atoms. The van der Waals surface area contributed by atoms with Gasteiger partial charge in [-0.05, 0) is 11.3 Å². The molecule has 2 heteroatoms. The average Bonchev–Trinajstić information content (AvgIpc) is 2.36. The summed E-state index contributed by atoms with van der Waals surface area (Å²) in [5.41, 5.74) is 0.381. The van der Waals surface area contributed by atoms with Crippen molar-refractivity contribution in [2.75, 3.05) is 6.61 Å². The number of ether oxygens (including phenoxy) is 1. The van der Waals surface area contributed by atoms with Crippen LogP contribution in [0.5, 0.6) is 0 Å². The first kappa shape index (κ1) is 6.20. The Labute approximate surface area is 60.6 Å². The Morgan fingerprint density at radius 2 is 2.20 bits per heavy atom. The minimum atomic E-state index is -0.00757. The second-order valence-electron chi connectivity index (χ2n) is 3.92. The molecule has 2 aliphatic rings. The van der Waals surface area contributed by atoms with E-state index in [0.717, 1.165) is 0 Å². The van der Waals surface area contributed by atoms with Crippen molar-refractivity contribution >= 4 is 5.97 Å². The second-order valence-corrected chi connectivity index (χ2v) is 3.92. The fourth-order valence-electron chi connectivity index (χ4n) is 2.01. The lowest BCUT2D eigenvalue weighted by molar-refractivity contribution is -0.147. The molecule has 0 amide bonds. The van der Waals surface area contributed by atoms with E-state index in [-0.39, 0.29) is 5.97 Å². The van der Waals surface area contributed by atoms with Gasteiger partial charge in [-0.2, -0.15) is 0 Å². The van der Waals surface area contributed by atoms with Crippen molar-refractivity contribution in [1.29, 1.82) is 0 Å². The highest BCUT2D eigenvalue weighted by molar-refractivity contribution is 5.71. The monoisotopic (exact) mass is 140 g/mol. The van der Waals surface area contributed by atoms with Crippen LogP contribution in [0.1, 0.15) is 20.3 Å². The minimum Gasteiger partial charge on any atom is -0.465 e. The smallest absolute Gasteiger partial charge is 0.306 e. The second kappa shape index (κ2) is 1.55. The summed E-state index contributed by atoms with van der Waals surface area (Å²) in [6.45, 7) is 5.09. The molecule has 0 radical (unpaired) electrons.